The van der Waals surface area contributed by atoms with Crippen LogP contribution in [0.25, 0.3) is 0 Å². The van der Waals surface area contributed by atoms with Crippen molar-refractivity contribution in [2.75, 3.05) is 0 Å². The van der Waals surface area contributed by atoms with Crippen LogP contribution in [0, 0.1) is 6.92 Å². The second-order valence-corrected chi connectivity index (χ2v) is 2.44. The lowest BCUT2D eigenvalue weighted by atomic mass is 10.2. The summed E-state index contributed by atoms with van der Waals surface area (Å²) in [5.41, 5.74) is 1.20. The fourth-order valence-electron chi connectivity index (χ4n) is 0.742. The number of pyridine rings is 1. The van der Waals surface area contributed by atoms with Crippen molar-refractivity contribution in [1.82, 2.24) is 4.98 Å². The van der Waals surface area contributed by atoms with Crippen LogP contribution in [0.3, 0.4) is 0 Å². The fourth-order valence-corrected chi connectivity index (χ4v) is 0.979. The highest BCUT2D eigenvalue weighted by Gasteiger charge is 2.08. The van der Waals surface area contributed by atoms with E-state index in [4.69, 9.17) is 0 Å². The molecule has 0 aromatic carbocycles. The zero-order chi connectivity index (χ0) is 8.27. The van der Waals surface area contributed by atoms with Gasteiger partial charge in [0.1, 0.15) is 0 Å². The number of aromatic nitrogens is 1. The van der Waals surface area contributed by atoms with Crippen molar-refractivity contribution in [1.29, 1.82) is 0 Å². The van der Waals surface area contributed by atoms with Crippen LogP contribution in [0.4, 0.5) is 0 Å². The molecule has 0 amide bonds. The number of aryl methyl sites for hydroxylation is 1. The van der Waals surface area contributed by atoms with Crippen LogP contribution < -0.4 is 0 Å². The highest BCUT2D eigenvalue weighted by atomic mass is 127. The van der Waals surface area contributed by atoms with Gasteiger partial charge in [-0.1, -0.05) is 0 Å². The van der Waals surface area contributed by atoms with Crippen molar-refractivity contribution < 1.29 is 7.86 Å². The monoisotopic (exact) mass is 263 g/mol. The fraction of sp³-hybridized carbons (Fsp3) is 0.143. The van der Waals surface area contributed by atoms with E-state index in [1.54, 1.807) is 48.3 Å². The molecule has 58 valence electrons. The predicted molar refractivity (Wildman–Crippen MR) is 48.4 cm³/mol. The van der Waals surface area contributed by atoms with E-state index in [2.05, 4.69) is 8.05 Å². The van der Waals surface area contributed by atoms with Gasteiger partial charge in [-0.05, 0) is 19.1 Å². The van der Waals surface area contributed by atoms with Gasteiger partial charge < -0.3 is 3.07 Å². The SMILES string of the molecule is Cc1ncccc1C(=O)OI. The van der Waals surface area contributed by atoms with Crippen LogP contribution in [0.15, 0.2) is 18.3 Å². The van der Waals surface area contributed by atoms with Gasteiger partial charge in [-0.25, -0.2) is 4.79 Å². The van der Waals surface area contributed by atoms with Gasteiger partial charge in [0.15, 0.2) is 23.0 Å². The molecule has 0 bridgehead atoms. The summed E-state index contributed by atoms with van der Waals surface area (Å²) in [6.45, 7) is 1.77. The molecule has 0 N–H and O–H groups in total. The Morgan fingerprint density at radius 1 is 1.73 bits per heavy atom. The van der Waals surface area contributed by atoms with Crippen LogP contribution in [-0.4, -0.2) is 11.0 Å². The maximum Gasteiger partial charge on any atom is 0.349 e. The molecule has 0 atom stereocenters. The lowest BCUT2D eigenvalue weighted by Crippen LogP contribution is -2.01. The first-order valence-corrected chi connectivity index (χ1v) is 3.88. The topological polar surface area (TPSA) is 39.2 Å². The second kappa shape index (κ2) is 3.66. The minimum atomic E-state index is -0.351. The van der Waals surface area contributed by atoms with E-state index in [0.29, 0.717) is 11.3 Å². The minimum Gasteiger partial charge on any atom is -0.391 e. The van der Waals surface area contributed by atoms with Crippen LogP contribution in [0.2, 0.25) is 0 Å². The number of hydrogen-bond acceptors (Lipinski definition) is 3. The Hall–Kier alpha value is -0.650. The first-order valence-electron chi connectivity index (χ1n) is 3.00. The van der Waals surface area contributed by atoms with Crippen LogP contribution in [-0.2, 0) is 3.07 Å². The largest absolute Gasteiger partial charge is 0.391 e. The number of rotatable bonds is 1. The van der Waals surface area contributed by atoms with Gasteiger partial charge in [-0.15, -0.1) is 0 Å². The third-order valence-corrected chi connectivity index (χ3v) is 1.70. The van der Waals surface area contributed by atoms with Gasteiger partial charge in [-0.3, -0.25) is 4.98 Å². The molecule has 0 fully saturated rings. The predicted octanol–water partition coefficient (Wildman–Crippen LogP) is 1.90. The maximum absolute atomic E-state index is 11.0. The molecule has 0 aliphatic heterocycles. The zero-order valence-corrected chi connectivity index (χ0v) is 8.03. The first kappa shape index (κ1) is 8.45. The zero-order valence-electron chi connectivity index (χ0n) is 5.87. The molecule has 3 nitrogen and oxygen atoms in total. The molecule has 0 saturated heterocycles. The Balaban J connectivity index is 3.03. The highest BCUT2D eigenvalue weighted by Crippen LogP contribution is 2.06. The summed E-state index contributed by atoms with van der Waals surface area (Å²) >= 11 is 1.56. The molecule has 0 aliphatic rings. The molecule has 0 unspecified atom stereocenters. The van der Waals surface area contributed by atoms with E-state index in [1.807, 2.05) is 0 Å². The molecular formula is C7H6INO2. The van der Waals surface area contributed by atoms with Gasteiger partial charge in [0.2, 0.25) is 0 Å². The lowest BCUT2D eigenvalue weighted by molar-refractivity contribution is 0.0799. The standard InChI is InChI=1S/C7H6INO2/c1-5-6(7(10)11-8)3-2-4-9-5/h2-4H,1H3. The smallest absolute Gasteiger partial charge is 0.349 e. The Labute approximate surface area is 78.5 Å². The summed E-state index contributed by atoms with van der Waals surface area (Å²) in [5.74, 6) is -0.351. The molecule has 0 saturated carbocycles. The van der Waals surface area contributed by atoms with E-state index in [-0.39, 0.29) is 5.97 Å². The second-order valence-electron chi connectivity index (χ2n) is 2.00. The molecule has 0 spiro atoms. The van der Waals surface area contributed by atoms with Gasteiger partial charge in [0, 0.05) is 6.20 Å². The van der Waals surface area contributed by atoms with Crippen molar-refractivity contribution in [3.05, 3.63) is 29.6 Å². The van der Waals surface area contributed by atoms with E-state index < -0.39 is 0 Å². The average Bonchev–Trinajstić information content (AvgIpc) is 2.04. The third-order valence-electron chi connectivity index (χ3n) is 1.30. The van der Waals surface area contributed by atoms with Gasteiger partial charge >= 0.3 is 5.97 Å². The molecule has 0 radical (unpaired) electrons. The van der Waals surface area contributed by atoms with Crippen molar-refractivity contribution >= 4 is 29.0 Å². The molecule has 0 aliphatic carbocycles. The molecule has 4 heteroatoms. The Kier molecular flexibility index (Phi) is 2.81. The number of carbonyl (C=O) groups excluding carboxylic acids is 1. The quantitative estimate of drug-likeness (QED) is 0.726. The van der Waals surface area contributed by atoms with Crippen molar-refractivity contribution in [3.63, 3.8) is 0 Å². The third kappa shape index (κ3) is 1.89. The van der Waals surface area contributed by atoms with Gasteiger partial charge in [0.05, 0.1) is 11.3 Å². The van der Waals surface area contributed by atoms with Crippen LogP contribution in [0.5, 0.6) is 0 Å². The Morgan fingerprint density at radius 2 is 2.45 bits per heavy atom. The van der Waals surface area contributed by atoms with Crippen LogP contribution in [0.1, 0.15) is 16.1 Å². The number of carbonyl (C=O) groups is 1. The summed E-state index contributed by atoms with van der Waals surface area (Å²) in [4.78, 5) is 14.9. The summed E-state index contributed by atoms with van der Waals surface area (Å²) < 4.78 is 4.51. The summed E-state index contributed by atoms with van der Waals surface area (Å²) in [7, 11) is 0. The van der Waals surface area contributed by atoms with Gasteiger partial charge in [-0.2, -0.15) is 0 Å². The Morgan fingerprint density at radius 3 is 3.00 bits per heavy atom. The molecule has 1 rings (SSSR count). The summed E-state index contributed by atoms with van der Waals surface area (Å²) in [6.07, 6.45) is 1.64. The summed E-state index contributed by atoms with van der Waals surface area (Å²) in [5, 5.41) is 0. The number of nitrogens with zero attached hydrogens (tertiary/aromatic N) is 1. The molecule has 11 heavy (non-hydrogen) atoms. The summed E-state index contributed by atoms with van der Waals surface area (Å²) in [6, 6.07) is 3.39. The first-order chi connectivity index (χ1) is 5.25. The van der Waals surface area contributed by atoms with Crippen LogP contribution >= 0.6 is 23.0 Å². The molecule has 1 aromatic rings. The molecule has 1 heterocycles. The van der Waals surface area contributed by atoms with Crippen molar-refractivity contribution in [2.24, 2.45) is 0 Å². The number of halogens is 1. The van der Waals surface area contributed by atoms with Crippen molar-refractivity contribution in [3.8, 4) is 0 Å². The maximum atomic E-state index is 11.0. The van der Waals surface area contributed by atoms with Crippen molar-refractivity contribution in [2.45, 2.75) is 6.92 Å². The molecular weight excluding hydrogens is 257 g/mol. The van der Waals surface area contributed by atoms with E-state index in [0.717, 1.165) is 0 Å². The van der Waals surface area contributed by atoms with Gasteiger partial charge in [0.25, 0.3) is 0 Å². The normalized spacial score (nSPS) is 9.27. The minimum absolute atomic E-state index is 0.351. The Bertz CT molecular complexity index is 275. The highest BCUT2D eigenvalue weighted by molar-refractivity contribution is 14.1. The van der Waals surface area contributed by atoms with E-state index in [9.17, 15) is 4.79 Å². The average molecular weight is 263 g/mol. The van der Waals surface area contributed by atoms with E-state index >= 15 is 0 Å². The number of hydrogen-bond donors (Lipinski definition) is 0. The van der Waals surface area contributed by atoms with E-state index in [1.165, 1.54) is 0 Å². The lowest BCUT2D eigenvalue weighted by Gasteiger charge is -1.98. The molecule has 1 aromatic heterocycles.